The van der Waals surface area contributed by atoms with Crippen LogP contribution >= 0.6 is 23.5 Å². The lowest BCUT2D eigenvalue weighted by molar-refractivity contribution is 0.0693. The molecule has 0 saturated carbocycles. The van der Waals surface area contributed by atoms with Crippen molar-refractivity contribution in [3.05, 3.63) is 30.3 Å². The highest BCUT2D eigenvalue weighted by Gasteiger charge is 2.25. The van der Waals surface area contributed by atoms with E-state index >= 15 is 0 Å². The third kappa shape index (κ3) is 3.76. The lowest BCUT2D eigenvalue weighted by atomic mass is 10.2. The van der Waals surface area contributed by atoms with Crippen molar-refractivity contribution in [2.24, 2.45) is 4.99 Å². The smallest absolute Gasteiger partial charge is 0.276 e. The second-order valence-electron chi connectivity index (χ2n) is 5.51. The Hall–Kier alpha value is -1.51. The molecule has 0 N–H and O–H groups in total. The largest absolute Gasteiger partial charge is 0.411 e. The standard InChI is InChI=1S/C16H18N4O2S2/c1-2-4-12(5-3-1)14-18-19-16(22-14)23-11-13-10-17-15(24-13)20-6-8-21-9-7-20/h1-5,13H,6-11H2. The van der Waals surface area contributed by atoms with Gasteiger partial charge in [0.05, 0.1) is 19.8 Å². The van der Waals surface area contributed by atoms with E-state index in [1.807, 2.05) is 42.1 Å². The molecule has 24 heavy (non-hydrogen) atoms. The third-order valence-corrected chi connectivity index (χ3v) is 6.24. The van der Waals surface area contributed by atoms with E-state index in [2.05, 4.69) is 20.1 Å². The predicted molar refractivity (Wildman–Crippen MR) is 96.5 cm³/mol. The number of aromatic nitrogens is 2. The summed E-state index contributed by atoms with van der Waals surface area (Å²) < 4.78 is 11.1. The van der Waals surface area contributed by atoms with Crippen LogP contribution in [-0.4, -0.2) is 64.1 Å². The first-order valence-electron chi connectivity index (χ1n) is 7.94. The number of hydrogen-bond acceptors (Lipinski definition) is 8. The molecule has 3 heterocycles. The number of benzene rings is 1. The van der Waals surface area contributed by atoms with Gasteiger partial charge in [0.15, 0.2) is 5.17 Å². The SMILES string of the molecule is c1ccc(-c2nnc(SCC3CN=C(N4CCOCC4)S3)o2)cc1. The maximum atomic E-state index is 5.74. The van der Waals surface area contributed by atoms with Gasteiger partial charge in [0, 0.05) is 29.7 Å². The number of amidine groups is 1. The van der Waals surface area contributed by atoms with Crippen LogP contribution in [0.3, 0.4) is 0 Å². The zero-order valence-electron chi connectivity index (χ0n) is 13.1. The Morgan fingerprint density at radius 1 is 1.17 bits per heavy atom. The molecule has 1 fully saturated rings. The van der Waals surface area contributed by atoms with Gasteiger partial charge in [-0.05, 0) is 12.1 Å². The van der Waals surface area contributed by atoms with Crippen LogP contribution in [0.4, 0.5) is 0 Å². The van der Waals surface area contributed by atoms with Crippen LogP contribution in [0.5, 0.6) is 0 Å². The van der Waals surface area contributed by atoms with E-state index in [1.165, 1.54) is 0 Å². The molecule has 1 unspecified atom stereocenters. The minimum atomic E-state index is 0.458. The molecule has 0 amide bonds. The van der Waals surface area contributed by atoms with Crippen molar-refractivity contribution in [1.29, 1.82) is 0 Å². The van der Waals surface area contributed by atoms with E-state index in [1.54, 1.807) is 11.8 Å². The molecule has 0 aliphatic carbocycles. The number of ether oxygens (including phenoxy) is 1. The number of nitrogens with zero attached hydrogens (tertiary/aromatic N) is 4. The lowest BCUT2D eigenvalue weighted by Gasteiger charge is -2.28. The van der Waals surface area contributed by atoms with E-state index in [4.69, 9.17) is 9.15 Å². The lowest BCUT2D eigenvalue weighted by Crippen LogP contribution is -2.39. The number of thioether (sulfide) groups is 2. The predicted octanol–water partition coefficient (Wildman–Crippen LogP) is 2.63. The molecule has 0 radical (unpaired) electrons. The van der Waals surface area contributed by atoms with Gasteiger partial charge in [-0.25, -0.2) is 0 Å². The number of rotatable bonds is 4. The summed E-state index contributed by atoms with van der Waals surface area (Å²) in [6.07, 6.45) is 0. The summed E-state index contributed by atoms with van der Waals surface area (Å²) in [5.41, 5.74) is 0.949. The molecule has 6 nitrogen and oxygen atoms in total. The summed E-state index contributed by atoms with van der Waals surface area (Å²) in [6, 6.07) is 9.84. The van der Waals surface area contributed by atoms with Gasteiger partial charge >= 0.3 is 0 Å². The van der Waals surface area contributed by atoms with E-state index in [9.17, 15) is 0 Å². The monoisotopic (exact) mass is 362 g/mol. The fraction of sp³-hybridized carbons (Fsp3) is 0.438. The quantitative estimate of drug-likeness (QED) is 0.775. The Balaban J connectivity index is 1.28. The first-order valence-corrected chi connectivity index (χ1v) is 9.80. The van der Waals surface area contributed by atoms with Crippen LogP contribution < -0.4 is 0 Å². The zero-order valence-corrected chi connectivity index (χ0v) is 14.8. The van der Waals surface area contributed by atoms with E-state index < -0.39 is 0 Å². The summed E-state index contributed by atoms with van der Waals surface area (Å²) in [6.45, 7) is 4.32. The number of aliphatic imine (C=N–C) groups is 1. The van der Waals surface area contributed by atoms with Gasteiger partial charge in [0.1, 0.15) is 0 Å². The zero-order chi connectivity index (χ0) is 16.2. The Labute approximate surface area is 149 Å². The first-order chi connectivity index (χ1) is 11.9. The van der Waals surface area contributed by atoms with Crippen LogP contribution in [0.2, 0.25) is 0 Å². The normalized spacial score (nSPS) is 21.1. The Morgan fingerprint density at radius 2 is 2.00 bits per heavy atom. The molecule has 2 aliphatic heterocycles. The van der Waals surface area contributed by atoms with Crippen molar-refractivity contribution < 1.29 is 9.15 Å². The van der Waals surface area contributed by atoms with Crippen LogP contribution in [0, 0.1) is 0 Å². The minimum absolute atomic E-state index is 0.458. The van der Waals surface area contributed by atoms with Crippen LogP contribution in [0.15, 0.2) is 45.0 Å². The minimum Gasteiger partial charge on any atom is -0.411 e. The van der Waals surface area contributed by atoms with Crippen molar-refractivity contribution in [3.63, 3.8) is 0 Å². The average Bonchev–Trinajstić information content (AvgIpc) is 3.31. The van der Waals surface area contributed by atoms with Gasteiger partial charge in [-0.1, -0.05) is 41.7 Å². The Bertz CT molecular complexity index is 701. The molecular formula is C16H18N4O2S2. The molecule has 2 aromatic rings. The second kappa shape index (κ2) is 7.58. The molecule has 1 atom stereocenters. The van der Waals surface area contributed by atoms with Crippen molar-refractivity contribution in [2.45, 2.75) is 10.5 Å². The van der Waals surface area contributed by atoms with Gasteiger partial charge in [0.2, 0.25) is 5.89 Å². The average molecular weight is 362 g/mol. The van der Waals surface area contributed by atoms with Crippen LogP contribution in [0.25, 0.3) is 11.5 Å². The third-order valence-electron chi connectivity index (χ3n) is 3.80. The molecular weight excluding hydrogens is 344 g/mol. The van der Waals surface area contributed by atoms with Crippen LogP contribution in [0.1, 0.15) is 0 Å². The van der Waals surface area contributed by atoms with Crippen molar-refractivity contribution in [3.8, 4) is 11.5 Å². The van der Waals surface area contributed by atoms with Gasteiger partial charge < -0.3 is 14.1 Å². The van der Waals surface area contributed by atoms with Gasteiger partial charge in [-0.2, -0.15) is 0 Å². The maximum absolute atomic E-state index is 5.74. The molecule has 2 aliphatic rings. The highest BCUT2D eigenvalue weighted by molar-refractivity contribution is 8.15. The summed E-state index contributed by atoms with van der Waals surface area (Å²) in [5, 5.41) is 10.5. The molecule has 126 valence electrons. The van der Waals surface area contributed by atoms with E-state index in [-0.39, 0.29) is 0 Å². The topological polar surface area (TPSA) is 63.8 Å². The number of morpholine rings is 1. The second-order valence-corrected chi connectivity index (χ2v) is 7.75. The highest BCUT2D eigenvalue weighted by Crippen LogP contribution is 2.30. The van der Waals surface area contributed by atoms with E-state index in [0.29, 0.717) is 16.4 Å². The first kappa shape index (κ1) is 16.0. The van der Waals surface area contributed by atoms with E-state index in [0.717, 1.165) is 49.3 Å². The van der Waals surface area contributed by atoms with Crippen molar-refractivity contribution >= 4 is 28.7 Å². The van der Waals surface area contributed by atoms with Crippen molar-refractivity contribution in [2.75, 3.05) is 38.6 Å². The Morgan fingerprint density at radius 3 is 2.83 bits per heavy atom. The molecule has 0 spiro atoms. The summed E-state index contributed by atoms with van der Waals surface area (Å²) >= 11 is 3.45. The summed E-state index contributed by atoms with van der Waals surface area (Å²) in [5.74, 6) is 1.49. The molecule has 8 heteroatoms. The fourth-order valence-electron chi connectivity index (χ4n) is 2.55. The highest BCUT2D eigenvalue weighted by atomic mass is 32.2. The summed E-state index contributed by atoms with van der Waals surface area (Å²) in [4.78, 5) is 6.99. The molecule has 1 aromatic heterocycles. The molecule has 1 aromatic carbocycles. The maximum Gasteiger partial charge on any atom is 0.276 e. The molecule has 0 bridgehead atoms. The molecule has 4 rings (SSSR count). The fourth-order valence-corrected chi connectivity index (χ4v) is 4.62. The van der Waals surface area contributed by atoms with Gasteiger partial charge in [-0.3, -0.25) is 4.99 Å². The Kier molecular flexibility index (Phi) is 5.05. The van der Waals surface area contributed by atoms with Gasteiger partial charge in [0.25, 0.3) is 5.22 Å². The van der Waals surface area contributed by atoms with Gasteiger partial charge in [-0.15, -0.1) is 10.2 Å². The van der Waals surface area contributed by atoms with Crippen LogP contribution in [-0.2, 0) is 4.74 Å². The summed E-state index contributed by atoms with van der Waals surface area (Å²) in [7, 11) is 0. The van der Waals surface area contributed by atoms with Crippen molar-refractivity contribution in [1.82, 2.24) is 15.1 Å². The number of hydrogen-bond donors (Lipinski definition) is 0. The molecule has 1 saturated heterocycles.